The lowest BCUT2D eigenvalue weighted by atomic mass is 9.78. The topological polar surface area (TPSA) is 47.6 Å². The Bertz CT molecular complexity index is 672. The van der Waals surface area contributed by atoms with E-state index in [0.717, 1.165) is 5.56 Å². The second-order valence-electron chi connectivity index (χ2n) is 7.71. The highest BCUT2D eigenvalue weighted by Crippen LogP contribution is 2.42. The normalized spacial score (nSPS) is 23.0. The van der Waals surface area contributed by atoms with Crippen LogP contribution in [0.25, 0.3) is 0 Å². The van der Waals surface area contributed by atoms with Gasteiger partial charge in [-0.25, -0.2) is 0 Å². The summed E-state index contributed by atoms with van der Waals surface area (Å²) in [6.07, 6.45) is -2.81. The van der Waals surface area contributed by atoms with Crippen LogP contribution in [0.1, 0.15) is 45.1 Å². The van der Waals surface area contributed by atoms with Gasteiger partial charge in [-0.1, -0.05) is 32.8 Å². The van der Waals surface area contributed by atoms with Gasteiger partial charge in [0.05, 0.1) is 5.92 Å². The van der Waals surface area contributed by atoms with Gasteiger partial charge >= 0.3 is 6.18 Å². The Morgan fingerprint density at radius 3 is 2.58 bits per heavy atom. The van der Waals surface area contributed by atoms with Gasteiger partial charge in [-0.3, -0.25) is 4.79 Å². The van der Waals surface area contributed by atoms with Crippen LogP contribution in [0.5, 0.6) is 11.5 Å². The summed E-state index contributed by atoms with van der Waals surface area (Å²) in [6, 6.07) is 5.55. The standard InChI is InChI=1S/C19H24F3NO3/c1-18(2,12-7-8-15-16(9-12)26-11-25-15)10-23-17(24)13-5-3-4-6-14(13)19(20,21)22/h7-9,13-14H,3-6,10-11H2,1-2H3,(H,23,24). The maximum Gasteiger partial charge on any atom is 0.392 e. The molecule has 1 aliphatic heterocycles. The molecule has 1 N–H and O–H groups in total. The molecule has 4 nitrogen and oxygen atoms in total. The highest BCUT2D eigenvalue weighted by atomic mass is 19.4. The third-order valence-electron chi connectivity index (χ3n) is 5.38. The van der Waals surface area contributed by atoms with Crippen molar-refractivity contribution >= 4 is 5.91 Å². The van der Waals surface area contributed by atoms with Gasteiger partial charge in [0.1, 0.15) is 0 Å². The second kappa shape index (κ2) is 7.00. The van der Waals surface area contributed by atoms with Crippen molar-refractivity contribution in [1.29, 1.82) is 0 Å². The lowest BCUT2D eigenvalue weighted by Crippen LogP contribution is -2.45. The predicted octanol–water partition coefficient (Wildman–Crippen LogP) is 4.18. The molecule has 26 heavy (non-hydrogen) atoms. The zero-order valence-electron chi connectivity index (χ0n) is 15.0. The van der Waals surface area contributed by atoms with Crippen molar-refractivity contribution in [2.24, 2.45) is 11.8 Å². The zero-order chi connectivity index (χ0) is 18.9. The van der Waals surface area contributed by atoms with Crippen molar-refractivity contribution in [3.63, 3.8) is 0 Å². The van der Waals surface area contributed by atoms with Crippen LogP contribution >= 0.6 is 0 Å². The molecule has 1 heterocycles. The molecule has 0 aromatic heterocycles. The summed E-state index contributed by atoms with van der Waals surface area (Å²) in [5, 5.41) is 2.75. The van der Waals surface area contributed by atoms with E-state index in [1.54, 1.807) is 0 Å². The van der Waals surface area contributed by atoms with E-state index in [4.69, 9.17) is 9.47 Å². The lowest BCUT2D eigenvalue weighted by molar-refractivity contribution is -0.198. The van der Waals surface area contributed by atoms with Crippen molar-refractivity contribution in [2.75, 3.05) is 13.3 Å². The van der Waals surface area contributed by atoms with Gasteiger partial charge in [0.15, 0.2) is 11.5 Å². The summed E-state index contributed by atoms with van der Waals surface area (Å²) in [6.45, 7) is 4.31. The molecule has 2 atom stereocenters. The maximum absolute atomic E-state index is 13.2. The minimum atomic E-state index is -4.32. The van der Waals surface area contributed by atoms with Gasteiger partial charge in [-0.05, 0) is 30.5 Å². The molecule has 1 amide bonds. The summed E-state index contributed by atoms with van der Waals surface area (Å²) in [5.41, 5.74) is 0.483. The van der Waals surface area contributed by atoms with Crippen LogP contribution in [0.4, 0.5) is 13.2 Å². The van der Waals surface area contributed by atoms with Gasteiger partial charge in [0.2, 0.25) is 12.7 Å². The van der Waals surface area contributed by atoms with Crippen molar-refractivity contribution in [3.05, 3.63) is 23.8 Å². The molecule has 1 aliphatic carbocycles. The van der Waals surface area contributed by atoms with Gasteiger partial charge < -0.3 is 14.8 Å². The SMILES string of the molecule is CC(C)(CNC(=O)C1CCCCC1C(F)(F)F)c1ccc2c(c1)OCO2. The third kappa shape index (κ3) is 3.91. The number of ether oxygens (including phenoxy) is 2. The zero-order valence-corrected chi connectivity index (χ0v) is 15.0. The molecule has 0 saturated heterocycles. The molecule has 7 heteroatoms. The number of alkyl halides is 3. The highest BCUT2D eigenvalue weighted by Gasteiger charge is 2.48. The van der Waals surface area contributed by atoms with Crippen LogP contribution < -0.4 is 14.8 Å². The number of hydrogen-bond acceptors (Lipinski definition) is 3. The minimum absolute atomic E-state index is 0.0349. The Morgan fingerprint density at radius 2 is 1.85 bits per heavy atom. The Labute approximate surface area is 151 Å². The summed E-state index contributed by atoms with van der Waals surface area (Å²) < 4.78 is 50.3. The molecule has 0 radical (unpaired) electrons. The summed E-state index contributed by atoms with van der Waals surface area (Å²) in [7, 11) is 0. The molecule has 1 aromatic rings. The quantitative estimate of drug-likeness (QED) is 0.864. The smallest absolute Gasteiger partial charge is 0.392 e. The van der Waals surface area contributed by atoms with E-state index in [1.807, 2.05) is 32.0 Å². The van der Waals surface area contributed by atoms with E-state index in [0.29, 0.717) is 30.8 Å². The van der Waals surface area contributed by atoms with E-state index in [2.05, 4.69) is 5.32 Å². The first-order valence-electron chi connectivity index (χ1n) is 8.93. The average molecular weight is 371 g/mol. The van der Waals surface area contributed by atoms with E-state index in [9.17, 15) is 18.0 Å². The molecule has 1 fully saturated rings. The minimum Gasteiger partial charge on any atom is -0.454 e. The molecular weight excluding hydrogens is 347 g/mol. The van der Waals surface area contributed by atoms with E-state index >= 15 is 0 Å². The van der Waals surface area contributed by atoms with E-state index in [-0.39, 0.29) is 19.8 Å². The highest BCUT2D eigenvalue weighted by molar-refractivity contribution is 5.79. The number of carbonyl (C=O) groups excluding carboxylic acids is 1. The molecule has 3 rings (SSSR count). The fourth-order valence-electron chi connectivity index (χ4n) is 3.70. The van der Waals surface area contributed by atoms with Gasteiger partial charge in [0, 0.05) is 17.9 Å². The number of amides is 1. The Morgan fingerprint density at radius 1 is 1.15 bits per heavy atom. The fraction of sp³-hybridized carbons (Fsp3) is 0.632. The third-order valence-corrected chi connectivity index (χ3v) is 5.38. The Hall–Kier alpha value is -1.92. The largest absolute Gasteiger partial charge is 0.454 e. The van der Waals surface area contributed by atoms with Crippen molar-refractivity contribution in [3.8, 4) is 11.5 Å². The number of nitrogens with one attached hydrogen (secondary N) is 1. The van der Waals surface area contributed by atoms with Crippen LogP contribution in [0, 0.1) is 11.8 Å². The molecule has 0 bridgehead atoms. The number of halogens is 3. The Balaban J connectivity index is 1.66. The monoisotopic (exact) mass is 371 g/mol. The number of hydrogen-bond donors (Lipinski definition) is 1. The van der Waals surface area contributed by atoms with Crippen LogP contribution in [0.15, 0.2) is 18.2 Å². The summed E-state index contributed by atoms with van der Waals surface area (Å²) in [5.74, 6) is -1.71. The maximum atomic E-state index is 13.2. The first kappa shape index (κ1) is 18.9. The Kier molecular flexibility index (Phi) is 5.08. The summed E-state index contributed by atoms with van der Waals surface area (Å²) in [4.78, 5) is 12.5. The molecule has 2 unspecified atom stereocenters. The van der Waals surface area contributed by atoms with Gasteiger partial charge in [-0.15, -0.1) is 0 Å². The van der Waals surface area contributed by atoms with Crippen molar-refractivity contribution in [2.45, 2.75) is 51.1 Å². The fourth-order valence-corrected chi connectivity index (χ4v) is 3.70. The van der Waals surface area contributed by atoms with Crippen LogP contribution in [0.2, 0.25) is 0 Å². The number of fused-ring (bicyclic) bond motifs is 1. The van der Waals surface area contributed by atoms with Gasteiger partial charge in [0.25, 0.3) is 0 Å². The van der Waals surface area contributed by atoms with Gasteiger partial charge in [-0.2, -0.15) is 13.2 Å². The molecule has 1 aromatic carbocycles. The molecular formula is C19H24F3NO3. The number of benzene rings is 1. The summed E-state index contributed by atoms with van der Waals surface area (Å²) >= 11 is 0. The van der Waals surface area contributed by atoms with Crippen molar-refractivity contribution in [1.82, 2.24) is 5.32 Å². The first-order valence-corrected chi connectivity index (χ1v) is 8.93. The van der Waals surface area contributed by atoms with Crippen molar-refractivity contribution < 1.29 is 27.4 Å². The number of carbonyl (C=O) groups is 1. The van der Waals surface area contributed by atoms with Crippen LogP contribution in [0.3, 0.4) is 0 Å². The molecule has 1 saturated carbocycles. The second-order valence-corrected chi connectivity index (χ2v) is 7.71. The number of rotatable bonds is 4. The first-order chi connectivity index (χ1) is 12.2. The van der Waals surface area contributed by atoms with E-state index < -0.39 is 29.3 Å². The average Bonchev–Trinajstić information content (AvgIpc) is 3.06. The van der Waals surface area contributed by atoms with E-state index in [1.165, 1.54) is 0 Å². The molecule has 0 spiro atoms. The van der Waals surface area contributed by atoms with Crippen LogP contribution in [-0.4, -0.2) is 25.4 Å². The lowest BCUT2D eigenvalue weighted by Gasteiger charge is -2.33. The van der Waals surface area contributed by atoms with Crippen LogP contribution in [-0.2, 0) is 10.2 Å². The predicted molar refractivity (Wildman–Crippen MR) is 90.1 cm³/mol. The molecule has 144 valence electrons. The molecule has 2 aliphatic rings.